The van der Waals surface area contributed by atoms with E-state index in [1.165, 1.54) is 49.8 Å². The second kappa shape index (κ2) is 13.6. The number of allylic oxidation sites excluding steroid dienone is 5. The number of nitrogens with one attached hydrogen (secondary N) is 3. The molecular weight excluding hydrogens is 563 g/mol. The minimum Gasteiger partial charge on any atom is -0.384 e. The minimum atomic E-state index is -0.310. The fourth-order valence-corrected chi connectivity index (χ4v) is 6.22. The molecule has 0 unspecified atom stereocenters. The van der Waals surface area contributed by atoms with Crippen molar-refractivity contribution < 1.29 is 4.39 Å². The summed E-state index contributed by atoms with van der Waals surface area (Å²) in [5.41, 5.74) is 8.17. The van der Waals surface area contributed by atoms with Gasteiger partial charge in [0.25, 0.3) is 0 Å². The summed E-state index contributed by atoms with van der Waals surface area (Å²) < 4.78 is 14.7. The number of likely N-dealkylation sites (N-methyl/N-ethyl adjacent to an activating group) is 1. The third-order valence-corrected chi connectivity index (χ3v) is 8.62. The summed E-state index contributed by atoms with van der Waals surface area (Å²) >= 11 is 0. The van der Waals surface area contributed by atoms with Gasteiger partial charge in [0.1, 0.15) is 11.5 Å². The molecule has 232 valence electrons. The number of H-pyrrole nitrogens is 2. The molecule has 1 fully saturated rings. The summed E-state index contributed by atoms with van der Waals surface area (Å²) in [6, 6.07) is 8.93. The van der Waals surface area contributed by atoms with Gasteiger partial charge in [-0.2, -0.15) is 5.10 Å². The second-order valence-corrected chi connectivity index (χ2v) is 12.2. The molecular formula is C36H41FN8. The Kier molecular flexibility index (Phi) is 9.16. The van der Waals surface area contributed by atoms with Crippen LogP contribution in [0, 0.1) is 11.7 Å². The first-order chi connectivity index (χ1) is 21.9. The number of hydrogen-bond acceptors (Lipinski definition) is 6. The van der Waals surface area contributed by atoms with Crippen molar-refractivity contribution >= 4 is 33.3 Å². The summed E-state index contributed by atoms with van der Waals surface area (Å²) in [7, 11) is 4.02. The number of anilines is 1. The summed E-state index contributed by atoms with van der Waals surface area (Å²) in [4.78, 5) is 19.6. The van der Waals surface area contributed by atoms with E-state index >= 15 is 0 Å². The SMILES string of the molecule is C=C/C(=C\C(=C/C)c1cc2c(-c3nc4nccc(-c5cc(F)cc(NCCN(C)C)c5)c4[nH]3)n[nH]c2cn1)CC1CCCCC1. The zero-order valence-electron chi connectivity index (χ0n) is 26.3. The molecule has 0 bridgehead atoms. The number of hydrogen-bond donors (Lipinski definition) is 3. The first-order valence-electron chi connectivity index (χ1n) is 15.8. The minimum absolute atomic E-state index is 0.310. The molecule has 0 atom stereocenters. The van der Waals surface area contributed by atoms with Crippen molar-refractivity contribution in [2.24, 2.45) is 5.92 Å². The lowest BCUT2D eigenvalue weighted by Crippen LogP contribution is -2.20. The Hall–Kier alpha value is -4.63. The zero-order valence-corrected chi connectivity index (χ0v) is 26.3. The van der Waals surface area contributed by atoms with Gasteiger partial charge in [-0.1, -0.05) is 50.8 Å². The van der Waals surface area contributed by atoms with Crippen molar-refractivity contribution in [3.63, 3.8) is 0 Å². The Morgan fingerprint density at radius 2 is 1.98 bits per heavy atom. The van der Waals surface area contributed by atoms with Crippen LogP contribution in [0.4, 0.5) is 10.1 Å². The first-order valence-corrected chi connectivity index (χ1v) is 15.8. The molecule has 8 nitrogen and oxygen atoms in total. The summed E-state index contributed by atoms with van der Waals surface area (Å²) in [5.74, 6) is 0.993. The Balaban J connectivity index is 1.33. The average molecular weight is 605 g/mol. The molecule has 1 saturated carbocycles. The molecule has 5 aromatic rings. The monoisotopic (exact) mass is 604 g/mol. The van der Waals surface area contributed by atoms with Gasteiger partial charge in [-0.25, -0.2) is 14.4 Å². The van der Waals surface area contributed by atoms with Crippen LogP contribution < -0.4 is 5.32 Å². The lowest BCUT2D eigenvalue weighted by Gasteiger charge is -2.22. The number of imidazole rings is 1. The second-order valence-electron chi connectivity index (χ2n) is 12.2. The van der Waals surface area contributed by atoms with Crippen molar-refractivity contribution in [3.05, 3.63) is 84.6 Å². The largest absolute Gasteiger partial charge is 0.384 e. The van der Waals surface area contributed by atoms with E-state index in [4.69, 9.17) is 9.97 Å². The number of fused-ring (bicyclic) bond motifs is 2. The van der Waals surface area contributed by atoms with E-state index in [9.17, 15) is 4.39 Å². The molecule has 0 aliphatic heterocycles. The predicted octanol–water partition coefficient (Wildman–Crippen LogP) is 8.16. The lowest BCUT2D eigenvalue weighted by molar-refractivity contribution is 0.358. The van der Waals surface area contributed by atoms with Gasteiger partial charge < -0.3 is 15.2 Å². The molecule has 4 aromatic heterocycles. The van der Waals surface area contributed by atoms with Gasteiger partial charge in [0.05, 0.1) is 22.9 Å². The van der Waals surface area contributed by atoms with Gasteiger partial charge >= 0.3 is 0 Å². The van der Waals surface area contributed by atoms with Crippen molar-refractivity contribution in [1.29, 1.82) is 0 Å². The standard InChI is InChI=1S/C36H41FN8/c1-5-23(16-24-10-8-7-9-11-24)17-25(6-2)31-21-30-32(22-40-31)43-44-34(30)36-41-33-29(12-13-39-35(33)42-36)26-18-27(37)20-28(19-26)38-14-15-45(3)4/h5-6,12-13,17-22,24,38H,1,7-11,14-16H2,2-4H3,(H,43,44)(H,39,41,42)/b23-17+,25-6+. The van der Waals surface area contributed by atoms with Crippen LogP contribution in [-0.4, -0.2) is 62.2 Å². The van der Waals surface area contributed by atoms with Crippen LogP contribution >= 0.6 is 0 Å². The van der Waals surface area contributed by atoms with Gasteiger partial charge in [-0.05, 0) is 86.5 Å². The third kappa shape index (κ3) is 6.88. The Bertz CT molecular complexity index is 1870. The lowest BCUT2D eigenvalue weighted by atomic mass is 9.84. The molecule has 3 N–H and O–H groups in total. The normalized spacial score (nSPS) is 15.0. The van der Waals surface area contributed by atoms with E-state index in [0.29, 0.717) is 23.7 Å². The highest BCUT2D eigenvalue weighted by Gasteiger charge is 2.18. The quantitative estimate of drug-likeness (QED) is 0.132. The maximum atomic E-state index is 14.7. The van der Waals surface area contributed by atoms with Gasteiger partial charge in [0.2, 0.25) is 0 Å². The average Bonchev–Trinajstić information content (AvgIpc) is 3.67. The number of halogens is 1. The van der Waals surface area contributed by atoms with Crippen LogP contribution in [0.2, 0.25) is 0 Å². The fraction of sp³-hybridized carbons (Fsp3) is 0.333. The highest BCUT2D eigenvalue weighted by Crippen LogP contribution is 2.34. The maximum absolute atomic E-state index is 14.7. The molecule has 1 aromatic carbocycles. The molecule has 9 heteroatoms. The van der Waals surface area contributed by atoms with Crippen LogP contribution in [0.3, 0.4) is 0 Å². The van der Waals surface area contributed by atoms with E-state index in [2.05, 4.69) is 55.2 Å². The summed E-state index contributed by atoms with van der Waals surface area (Å²) in [6.45, 7) is 7.69. The van der Waals surface area contributed by atoms with Crippen LogP contribution in [0.1, 0.15) is 51.1 Å². The van der Waals surface area contributed by atoms with E-state index in [1.54, 1.807) is 6.20 Å². The van der Waals surface area contributed by atoms with Crippen molar-refractivity contribution in [3.8, 4) is 22.6 Å². The molecule has 45 heavy (non-hydrogen) atoms. The summed E-state index contributed by atoms with van der Waals surface area (Å²) in [5, 5.41) is 11.9. The molecule has 4 heterocycles. The fourth-order valence-electron chi connectivity index (χ4n) is 6.22. The Labute approximate surface area is 263 Å². The Morgan fingerprint density at radius 3 is 2.76 bits per heavy atom. The predicted molar refractivity (Wildman–Crippen MR) is 182 cm³/mol. The summed E-state index contributed by atoms with van der Waals surface area (Å²) in [6.07, 6.45) is 17.4. The molecule has 0 spiro atoms. The topological polar surface area (TPSA) is 98.4 Å². The number of benzene rings is 1. The molecule has 0 amide bonds. The van der Waals surface area contributed by atoms with Gasteiger partial charge in [-0.15, -0.1) is 0 Å². The smallest absolute Gasteiger partial charge is 0.178 e. The van der Waals surface area contributed by atoms with Crippen molar-refractivity contribution in [1.82, 2.24) is 35.0 Å². The number of nitrogens with zero attached hydrogens (tertiary/aromatic N) is 5. The van der Waals surface area contributed by atoms with Crippen molar-refractivity contribution in [2.75, 3.05) is 32.5 Å². The van der Waals surface area contributed by atoms with E-state index in [0.717, 1.165) is 63.4 Å². The molecule has 6 rings (SSSR count). The van der Waals surface area contributed by atoms with E-state index < -0.39 is 0 Å². The number of aromatic nitrogens is 6. The van der Waals surface area contributed by atoms with Crippen LogP contribution in [0.5, 0.6) is 0 Å². The molecule has 1 aliphatic rings. The van der Waals surface area contributed by atoms with Crippen LogP contribution in [0.15, 0.2) is 73.1 Å². The van der Waals surface area contributed by atoms with Gasteiger partial charge in [0, 0.05) is 35.9 Å². The number of pyridine rings is 2. The maximum Gasteiger partial charge on any atom is 0.178 e. The molecule has 0 saturated heterocycles. The number of aromatic amines is 2. The highest BCUT2D eigenvalue weighted by atomic mass is 19.1. The van der Waals surface area contributed by atoms with Crippen LogP contribution in [-0.2, 0) is 0 Å². The first kappa shape index (κ1) is 30.4. The highest BCUT2D eigenvalue weighted by molar-refractivity contribution is 5.97. The van der Waals surface area contributed by atoms with Gasteiger partial charge in [0.15, 0.2) is 11.5 Å². The van der Waals surface area contributed by atoms with Crippen LogP contribution in [0.25, 0.3) is 50.3 Å². The molecule has 1 aliphatic carbocycles. The van der Waals surface area contributed by atoms with E-state index in [-0.39, 0.29) is 5.82 Å². The zero-order chi connectivity index (χ0) is 31.3. The van der Waals surface area contributed by atoms with Crippen molar-refractivity contribution in [2.45, 2.75) is 45.4 Å². The third-order valence-electron chi connectivity index (χ3n) is 8.62. The van der Waals surface area contributed by atoms with Gasteiger partial charge in [-0.3, -0.25) is 10.1 Å². The molecule has 0 radical (unpaired) electrons. The Morgan fingerprint density at radius 1 is 1.13 bits per heavy atom. The van der Waals surface area contributed by atoms with E-state index in [1.807, 2.05) is 45.4 Å². The number of rotatable bonds is 11.